The van der Waals surface area contributed by atoms with Crippen molar-refractivity contribution in [1.82, 2.24) is 5.32 Å². The van der Waals surface area contributed by atoms with Gasteiger partial charge in [-0.2, -0.15) is 0 Å². The van der Waals surface area contributed by atoms with E-state index in [0.29, 0.717) is 23.7 Å². The van der Waals surface area contributed by atoms with Gasteiger partial charge >= 0.3 is 0 Å². The molecule has 1 aromatic carbocycles. The second-order valence-electron chi connectivity index (χ2n) is 6.14. The van der Waals surface area contributed by atoms with Gasteiger partial charge in [0.2, 0.25) is 17.7 Å². The Morgan fingerprint density at radius 2 is 1.35 bits per heavy atom. The zero-order valence-corrected chi connectivity index (χ0v) is 14.1. The number of benzene rings is 1. The van der Waals surface area contributed by atoms with Gasteiger partial charge in [-0.1, -0.05) is 27.7 Å². The number of amides is 3. The lowest BCUT2D eigenvalue weighted by atomic mass is 10.1. The summed E-state index contributed by atoms with van der Waals surface area (Å²) in [5.74, 6) is -0.349. The van der Waals surface area contributed by atoms with Crippen molar-refractivity contribution in [2.45, 2.75) is 34.1 Å². The van der Waals surface area contributed by atoms with Gasteiger partial charge in [-0.3, -0.25) is 14.4 Å². The van der Waals surface area contributed by atoms with E-state index in [2.05, 4.69) is 16.0 Å². The summed E-state index contributed by atoms with van der Waals surface area (Å²) in [7, 11) is 0. The molecule has 0 saturated carbocycles. The minimum absolute atomic E-state index is 0.0341. The van der Waals surface area contributed by atoms with Crippen LogP contribution in [0.25, 0.3) is 0 Å². The van der Waals surface area contributed by atoms with E-state index in [9.17, 15) is 14.4 Å². The van der Waals surface area contributed by atoms with Crippen molar-refractivity contribution < 1.29 is 14.4 Å². The number of carbonyl (C=O) groups is 3. The third kappa shape index (κ3) is 7.44. The van der Waals surface area contributed by atoms with Gasteiger partial charge in [0.15, 0.2) is 0 Å². The number of rotatable bonds is 7. The number of nitrogens with one attached hydrogen (secondary N) is 3. The average molecular weight is 319 g/mol. The fourth-order valence-corrected chi connectivity index (χ4v) is 1.80. The van der Waals surface area contributed by atoms with E-state index in [1.54, 1.807) is 38.1 Å². The molecule has 0 spiro atoms. The molecular weight excluding hydrogens is 294 g/mol. The van der Waals surface area contributed by atoms with Crippen molar-refractivity contribution in [3.05, 3.63) is 24.3 Å². The molecule has 0 radical (unpaired) electrons. The van der Waals surface area contributed by atoms with Crippen molar-refractivity contribution >= 4 is 29.1 Å². The minimum Gasteiger partial charge on any atom is -0.347 e. The number of hydrogen-bond acceptors (Lipinski definition) is 3. The topological polar surface area (TPSA) is 87.3 Å². The highest BCUT2D eigenvalue weighted by Gasteiger charge is 2.09. The Balaban J connectivity index is 2.46. The normalized spacial score (nSPS) is 10.5. The summed E-state index contributed by atoms with van der Waals surface area (Å²) in [6.07, 6.45) is 0.466. The monoisotopic (exact) mass is 319 g/mol. The lowest BCUT2D eigenvalue weighted by molar-refractivity contribution is -0.126. The molecule has 1 aromatic rings. The molecule has 1 rings (SSSR count). The van der Waals surface area contributed by atoms with Crippen LogP contribution in [0.15, 0.2) is 24.3 Å². The molecule has 6 nitrogen and oxygen atoms in total. The Morgan fingerprint density at radius 3 is 1.78 bits per heavy atom. The molecule has 0 bridgehead atoms. The van der Waals surface area contributed by atoms with Crippen LogP contribution in [0.4, 0.5) is 11.4 Å². The third-order valence-electron chi connectivity index (χ3n) is 2.99. The Labute approximate surface area is 137 Å². The second kappa shape index (κ2) is 8.92. The van der Waals surface area contributed by atoms with Gasteiger partial charge < -0.3 is 16.0 Å². The lowest BCUT2D eigenvalue weighted by Crippen LogP contribution is -2.35. The highest BCUT2D eigenvalue weighted by molar-refractivity contribution is 5.95. The molecule has 0 aliphatic heterocycles. The Morgan fingerprint density at radius 1 is 0.870 bits per heavy atom. The molecule has 0 unspecified atom stereocenters. The summed E-state index contributed by atoms with van der Waals surface area (Å²) in [6.45, 7) is 7.43. The smallest absolute Gasteiger partial charge is 0.243 e. The van der Waals surface area contributed by atoms with Gasteiger partial charge in [-0.25, -0.2) is 0 Å². The summed E-state index contributed by atoms with van der Waals surface area (Å²) in [6, 6.07) is 6.85. The van der Waals surface area contributed by atoms with Crippen LogP contribution in [0, 0.1) is 11.8 Å². The number of carbonyl (C=O) groups excluding carboxylic acids is 3. The van der Waals surface area contributed by atoms with E-state index in [1.807, 2.05) is 13.8 Å². The Kier molecular flexibility index (Phi) is 7.25. The van der Waals surface area contributed by atoms with Gasteiger partial charge in [-0.05, 0) is 30.2 Å². The zero-order chi connectivity index (χ0) is 17.4. The van der Waals surface area contributed by atoms with Crippen LogP contribution in [0.5, 0.6) is 0 Å². The first kappa shape index (κ1) is 18.7. The molecule has 0 saturated heterocycles. The fourth-order valence-electron chi connectivity index (χ4n) is 1.80. The van der Waals surface area contributed by atoms with Crippen LogP contribution >= 0.6 is 0 Å². The van der Waals surface area contributed by atoms with Gasteiger partial charge in [0.25, 0.3) is 0 Å². The van der Waals surface area contributed by atoms with Crippen LogP contribution < -0.4 is 16.0 Å². The molecule has 0 atom stereocenters. The van der Waals surface area contributed by atoms with E-state index in [-0.39, 0.29) is 30.2 Å². The van der Waals surface area contributed by atoms with Crippen molar-refractivity contribution in [3.63, 3.8) is 0 Å². The van der Waals surface area contributed by atoms with Crippen LogP contribution in [-0.2, 0) is 14.4 Å². The maximum absolute atomic E-state index is 11.7. The standard InChI is InChI=1S/C17H25N3O3/c1-11(2)9-15(21)19-13-5-7-14(8-6-13)20-16(22)10-18-17(23)12(3)4/h5-8,11-12H,9-10H2,1-4H3,(H,18,23)(H,19,21)(H,20,22). The molecule has 0 aliphatic carbocycles. The molecule has 0 aromatic heterocycles. The van der Waals surface area contributed by atoms with E-state index in [0.717, 1.165) is 0 Å². The van der Waals surface area contributed by atoms with Crippen LogP contribution in [0.1, 0.15) is 34.1 Å². The summed E-state index contributed by atoms with van der Waals surface area (Å²) in [5, 5.41) is 8.03. The summed E-state index contributed by atoms with van der Waals surface area (Å²) < 4.78 is 0. The van der Waals surface area contributed by atoms with Crippen LogP contribution in [0.3, 0.4) is 0 Å². The average Bonchev–Trinajstić information content (AvgIpc) is 2.45. The Hall–Kier alpha value is -2.37. The molecule has 126 valence electrons. The lowest BCUT2D eigenvalue weighted by Gasteiger charge is -2.10. The van der Waals surface area contributed by atoms with Crippen LogP contribution in [0.2, 0.25) is 0 Å². The van der Waals surface area contributed by atoms with Crippen molar-refractivity contribution in [2.75, 3.05) is 17.2 Å². The molecule has 3 N–H and O–H groups in total. The highest BCUT2D eigenvalue weighted by atomic mass is 16.2. The first-order valence-corrected chi connectivity index (χ1v) is 7.75. The quantitative estimate of drug-likeness (QED) is 0.721. The second-order valence-corrected chi connectivity index (χ2v) is 6.14. The summed E-state index contributed by atoms with van der Waals surface area (Å²) in [4.78, 5) is 34.8. The van der Waals surface area contributed by atoms with E-state index >= 15 is 0 Å². The third-order valence-corrected chi connectivity index (χ3v) is 2.99. The summed E-state index contributed by atoms with van der Waals surface area (Å²) in [5.41, 5.74) is 1.29. The number of anilines is 2. The van der Waals surface area contributed by atoms with Gasteiger partial charge in [-0.15, -0.1) is 0 Å². The van der Waals surface area contributed by atoms with E-state index < -0.39 is 0 Å². The largest absolute Gasteiger partial charge is 0.347 e. The molecule has 0 aliphatic rings. The maximum atomic E-state index is 11.7. The molecule has 0 heterocycles. The van der Waals surface area contributed by atoms with Crippen LogP contribution in [-0.4, -0.2) is 24.3 Å². The predicted molar refractivity (Wildman–Crippen MR) is 91.0 cm³/mol. The van der Waals surface area contributed by atoms with E-state index in [4.69, 9.17) is 0 Å². The SMILES string of the molecule is CC(C)CC(=O)Nc1ccc(NC(=O)CNC(=O)C(C)C)cc1. The molecular formula is C17H25N3O3. The van der Waals surface area contributed by atoms with Crippen molar-refractivity contribution in [1.29, 1.82) is 0 Å². The van der Waals surface area contributed by atoms with Crippen molar-refractivity contribution in [2.24, 2.45) is 11.8 Å². The van der Waals surface area contributed by atoms with Gasteiger partial charge in [0, 0.05) is 23.7 Å². The maximum Gasteiger partial charge on any atom is 0.243 e. The van der Waals surface area contributed by atoms with E-state index in [1.165, 1.54) is 0 Å². The van der Waals surface area contributed by atoms with Gasteiger partial charge in [0.05, 0.1) is 6.54 Å². The fraction of sp³-hybridized carbons (Fsp3) is 0.471. The first-order valence-electron chi connectivity index (χ1n) is 7.75. The highest BCUT2D eigenvalue weighted by Crippen LogP contribution is 2.14. The molecule has 6 heteroatoms. The van der Waals surface area contributed by atoms with Gasteiger partial charge in [0.1, 0.15) is 0 Å². The molecule has 3 amide bonds. The molecule has 23 heavy (non-hydrogen) atoms. The predicted octanol–water partition coefficient (Wildman–Crippen LogP) is 2.38. The number of hydrogen-bond donors (Lipinski definition) is 3. The minimum atomic E-state index is -0.296. The Bertz CT molecular complexity index is 551. The van der Waals surface area contributed by atoms with Crippen molar-refractivity contribution in [3.8, 4) is 0 Å². The first-order chi connectivity index (χ1) is 10.8. The zero-order valence-electron chi connectivity index (χ0n) is 14.1. The summed E-state index contributed by atoms with van der Waals surface area (Å²) >= 11 is 0. The molecule has 0 fully saturated rings.